The summed E-state index contributed by atoms with van der Waals surface area (Å²) in [5.41, 5.74) is 0.416. The van der Waals surface area contributed by atoms with Crippen molar-refractivity contribution in [3.63, 3.8) is 0 Å². The Hall–Kier alpha value is -2.80. The van der Waals surface area contributed by atoms with Crippen molar-refractivity contribution in [1.29, 1.82) is 0 Å². The number of unbranched alkanes of at least 4 members (excludes halogenated alkanes) is 3. The highest BCUT2D eigenvalue weighted by Crippen LogP contribution is 2.42. The second-order valence-corrected chi connectivity index (χ2v) is 17.4. The average molecular weight is 593 g/mol. The van der Waals surface area contributed by atoms with Crippen molar-refractivity contribution in [2.45, 2.75) is 123 Å². The fourth-order valence-corrected chi connectivity index (χ4v) is 6.18. The molecule has 230 valence electrons. The van der Waals surface area contributed by atoms with Crippen molar-refractivity contribution >= 4 is 20.1 Å². The van der Waals surface area contributed by atoms with Gasteiger partial charge < -0.3 is 13.9 Å². The number of hydrogen-bond acceptors (Lipinski definition) is 5. The minimum Gasteiger partial charge on any atom is -0.493 e. The van der Waals surface area contributed by atoms with Crippen LogP contribution in [0, 0.1) is 35.5 Å². The summed E-state index contributed by atoms with van der Waals surface area (Å²) in [7, 11) is -2.11. The van der Waals surface area contributed by atoms with Crippen molar-refractivity contribution in [3.05, 3.63) is 42.0 Å². The first-order valence-corrected chi connectivity index (χ1v) is 18.5. The fraction of sp³-hybridized carbons (Fsp3) is 0.611. The van der Waals surface area contributed by atoms with E-state index in [1.54, 1.807) is 19.1 Å². The van der Waals surface area contributed by atoms with Crippen LogP contribution in [0.5, 0.6) is 5.75 Å². The van der Waals surface area contributed by atoms with Gasteiger partial charge in [0, 0.05) is 31.1 Å². The number of ether oxygens (including phenoxy) is 2. The second-order valence-electron chi connectivity index (χ2n) is 12.6. The van der Waals surface area contributed by atoms with Gasteiger partial charge in [0.05, 0.1) is 12.7 Å². The largest absolute Gasteiger partial charge is 0.493 e. The van der Waals surface area contributed by atoms with Crippen LogP contribution >= 0.6 is 0 Å². The maximum atomic E-state index is 13.4. The van der Waals surface area contributed by atoms with Gasteiger partial charge in [-0.3, -0.25) is 4.79 Å². The number of carbonyl (C=O) groups is 2. The van der Waals surface area contributed by atoms with Gasteiger partial charge in [-0.25, -0.2) is 4.79 Å². The predicted octanol–water partition coefficient (Wildman–Crippen LogP) is 8.54. The van der Waals surface area contributed by atoms with E-state index >= 15 is 0 Å². The molecule has 0 amide bonds. The summed E-state index contributed by atoms with van der Waals surface area (Å²) in [5, 5.41) is 0.0305. The Labute approximate surface area is 256 Å². The molecule has 0 unspecified atom stereocenters. The zero-order chi connectivity index (χ0) is 31.2. The Morgan fingerprint density at radius 3 is 2.48 bits per heavy atom. The SMILES string of the molecule is CC#CCCCOc1ccccc1C(=O)O[C@H](/C=C/[C@H]1[C@H](O[Si](C)(C)C(C)(C)C)CC(=O)[C@@H]1CC#CC)CCCCC. The van der Waals surface area contributed by atoms with Crippen LogP contribution in [-0.4, -0.2) is 38.9 Å². The molecule has 5 nitrogen and oxygen atoms in total. The Kier molecular flexibility index (Phi) is 14.6. The summed E-state index contributed by atoms with van der Waals surface area (Å²) in [6, 6.07) is 7.22. The molecule has 0 bridgehead atoms. The summed E-state index contributed by atoms with van der Waals surface area (Å²) >= 11 is 0. The van der Waals surface area contributed by atoms with Gasteiger partial charge in [0.15, 0.2) is 8.32 Å². The van der Waals surface area contributed by atoms with E-state index in [0.717, 1.165) is 32.1 Å². The third-order valence-electron chi connectivity index (χ3n) is 8.35. The number of hydrogen-bond donors (Lipinski definition) is 0. The first-order chi connectivity index (χ1) is 19.9. The zero-order valence-corrected chi connectivity index (χ0v) is 28.2. The van der Waals surface area contributed by atoms with Crippen molar-refractivity contribution in [2.24, 2.45) is 11.8 Å². The van der Waals surface area contributed by atoms with E-state index in [2.05, 4.69) is 70.5 Å². The third-order valence-corrected chi connectivity index (χ3v) is 12.9. The predicted molar refractivity (Wildman–Crippen MR) is 174 cm³/mol. The molecule has 1 aromatic carbocycles. The summed E-state index contributed by atoms with van der Waals surface area (Å²) in [6.45, 7) is 17.4. The highest BCUT2D eigenvalue weighted by atomic mass is 28.4. The van der Waals surface area contributed by atoms with Crippen LogP contribution in [0.2, 0.25) is 18.1 Å². The van der Waals surface area contributed by atoms with Gasteiger partial charge >= 0.3 is 5.97 Å². The molecule has 0 N–H and O–H groups in total. The molecule has 1 aliphatic rings. The number of ketones is 1. The van der Waals surface area contributed by atoms with Crippen molar-refractivity contribution < 1.29 is 23.5 Å². The van der Waals surface area contributed by atoms with E-state index in [-0.39, 0.29) is 28.8 Å². The van der Waals surface area contributed by atoms with E-state index in [4.69, 9.17) is 13.9 Å². The lowest BCUT2D eigenvalue weighted by Crippen LogP contribution is -2.45. The lowest BCUT2D eigenvalue weighted by Gasteiger charge is -2.39. The van der Waals surface area contributed by atoms with Crippen LogP contribution in [0.3, 0.4) is 0 Å². The average Bonchev–Trinajstić information content (AvgIpc) is 3.22. The van der Waals surface area contributed by atoms with E-state index in [1.807, 2.05) is 25.1 Å². The Morgan fingerprint density at radius 2 is 1.81 bits per heavy atom. The van der Waals surface area contributed by atoms with Crippen molar-refractivity contribution in [1.82, 2.24) is 0 Å². The highest BCUT2D eigenvalue weighted by molar-refractivity contribution is 6.74. The van der Waals surface area contributed by atoms with Crippen LogP contribution in [0.4, 0.5) is 0 Å². The number of para-hydroxylation sites is 1. The fourth-order valence-electron chi connectivity index (χ4n) is 4.83. The van der Waals surface area contributed by atoms with Crippen molar-refractivity contribution in [2.75, 3.05) is 6.61 Å². The van der Waals surface area contributed by atoms with E-state index in [0.29, 0.717) is 37.2 Å². The third kappa shape index (κ3) is 10.8. The lowest BCUT2D eigenvalue weighted by molar-refractivity contribution is -0.121. The van der Waals surface area contributed by atoms with Gasteiger partial charge in [0.25, 0.3) is 0 Å². The highest BCUT2D eigenvalue weighted by Gasteiger charge is 2.47. The van der Waals surface area contributed by atoms with Crippen LogP contribution in [0.1, 0.15) is 103 Å². The Balaban J connectivity index is 2.29. The summed E-state index contributed by atoms with van der Waals surface area (Å²) in [6.07, 6.45) is 9.66. The molecule has 2 rings (SSSR count). The molecule has 0 radical (unpaired) electrons. The standard InChI is InChI=1S/C36H52O5Si/c1-9-12-15-19-26-39-33-23-18-17-22-31(33)35(38)40-28(20-16-13-10-2)24-25-30-29(21-14-11-3)32(37)27-34(30)41-42(7,8)36(4,5)6/h17-18,22-25,28-30,34H,10,13,15-16,19-21,26-27H2,1-8H3/b25-24+/t28-,29+,30+,34+/m0/s1. The van der Waals surface area contributed by atoms with E-state index in [9.17, 15) is 9.59 Å². The van der Waals surface area contributed by atoms with Crippen molar-refractivity contribution in [3.8, 4) is 29.4 Å². The Bertz CT molecular complexity index is 1170. The summed E-state index contributed by atoms with van der Waals surface area (Å²) < 4.78 is 18.8. The normalized spacial score (nSPS) is 19.5. The molecule has 0 spiro atoms. The van der Waals surface area contributed by atoms with Gasteiger partial charge in [0.2, 0.25) is 0 Å². The first-order valence-electron chi connectivity index (χ1n) is 15.6. The first kappa shape index (κ1) is 35.4. The minimum absolute atomic E-state index is 0.0305. The lowest BCUT2D eigenvalue weighted by atomic mass is 9.90. The minimum atomic E-state index is -2.11. The van der Waals surface area contributed by atoms with E-state index in [1.165, 1.54) is 0 Å². The number of esters is 1. The summed E-state index contributed by atoms with van der Waals surface area (Å²) in [4.78, 5) is 26.6. The molecule has 0 heterocycles. The smallest absolute Gasteiger partial charge is 0.342 e. The molecule has 6 heteroatoms. The van der Waals surface area contributed by atoms with Gasteiger partial charge in [-0.1, -0.05) is 58.7 Å². The van der Waals surface area contributed by atoms with Crippen LogP contribution in [-0.2, 0) is 14.0 Å². The molecule has 1 saturated carbocycles. The Morgan fingerprint density at radius 1 is 1.10 bits per heavy atom. The molecule has 0 saturated heterocycles. The monoisotopic (exact) mass is 592 g/mol. The second kappa shape index (κ2) is 17.3. The maximum absolute atomic E-state index is 13.4. The van der Waals surface area contributed by atoms with E-state index < -0.39 is 20.4 Å². The molecule has 4 atom stereocenters. The van der Waals surface area contributed by atoms with Crippen LogP contribution < -0.4 is 4.74 Å². The molecule has 0 aromatic heterocycles. The summed E-state index contributed by atoms with van der Waals surface area (Å²) in [5.74, 6) is 12.0. The molecule has 1 aromatic rings. The van der Waals surface area contributed by atoms with Gasteiger partial charge in [0.1, 0.15) is 23.2 Å². The van der Waals surface area contributed by atoms with Crippen LogP contribution in [0.25, 0.3) is 0 Å². The zero-order valence-electron chi connectivity index (χ0n) is 27.2. The van der Waals surface area contributed by atoms with Gasteiger partial charge in [-0.15, -0.1) is 23.7 Å². The topological polar surface area (TPSA) is 61.8 Å². The molecule has 0 aliphatic heterocycles. The van der Waals surface area contributed by atoms with Gasteiger partial charge in [-0.05, 0) is 69.5 Å². The number of rotatable bonds is 15. The number of Topliss-reactive ketones (excluding diaryl/α,β-unsaturated/α-hetero) is 1. The molecular formula is C36H52O5Si. The molecule has 1 aliphatic carbocycles. The quantitative estimate of drug-likeness (QED) is 0.0671. The molecule has 42 heavy (non-hydrogen) atoms. The van der Waals surface area contributed by atoms with Crippen LogP contribution in [0.15, 0.2) is 36.4 Å². The maximum Gasteiger partial charge on any atom is 0.342 e. The van der Waals surface area contributed by atoms with Gasteiger partial charge in [-0.2, -0.15) is 0 Å². The molecule has 1 fully saturated rings. The molecular weight excluding hydrogens is 540 g/mol. The number of benzene rings is 1. The number of carbonyl (C=O) groups excluding carboxylic acids is 2.